The molecule has 4 nitrogen and oxygen atoms in total. The number of benzene rings is 1. The first-order chi connectivity index (χ1) is 9.75. The van der Waals surface area contributed by atoms with Crippen LogP contribution in [0.5, 0.6) is 0 Å². The van der Waals surface area contributed by atoms with Crippen LogP contribution in [-0.2, 0) is 0 Å². The normalized spacial score (nSPS) is 15.8. The van der Waals surface area contributed by atoms with Crippen molar-refractivity contribution in [3.63, 3.8) is 0 Å². The van der Waals surface area contributed by atoms with Gasteiger partial charge in [-0.05, 0) is 18.2 Å². The van der Waals surface area contributed by atoms with Gasteiger partial charge in [0.1, 0.15) is 0 Å². The molecule has 0 amide bonds. The number of rotatable bonds is 3. The van der Waals surface area contributed by atoms with Gasteiger partial charge in [0, 0.05) is 49.8 Å². The number of aromatic nitrogens is 2. The van der Waals surface area contributed by atoms with Crippen molar-refractivity contribution in [2.75, 3.05) is 31.1 Å². The molecule has 0 atom stereocenters. The van der Waals surface area contributed by atoms with Crippen molar-refractivity contribution < 1.29 is 8.78 Å². The lowest BCUT2D eigenvalue weighted by Crippen LogP contribution is -2.43. The number of nitrogens with zero attached hydrogens (tertiary/aromatic N) is 3. The third kappa shape index (κ3) is 2.51. The van der Waals surface area contributed by atoms with Gasteiger partial charge in [0.25, 0.3) is 6.43 Å². The van der Waals surface area contributed by atoms with E-state index in [1.54, 1.807) is 29.4 Å². The van der Waals surface area contributed by atoms with Crippen LogP contribution in [0.3, 0.4) is 0 Å². The number of alkyl halides is 2. The summed E-state index contributed by atoms with van der Waals surface area (Å²) >= 11 is 0. The van der Waals surface area contributed by atoms with E-state index in [4.69, 9.17) is 0 Å². The van der Waals surface area contributed by atoms with Crippen LogP contribution in [0.25, 0.3) is 5.69 Å². The average molecular weight is 278 g/mol. The first kappa shape index (κ1) is 13.1. The van der Waals surface area contributed by atoms with Crippen molar-refractivity contribution in [3.8, 4) is 5.69 Å². The van der Waals surface area contributed by atoms with Crippen molar-refractivity contribution >= 4 is 5.69 Å². The molecule has 1 aliphatic heterocycles. The minimum Gasteiger partial charge on any atom is -0.369 e. The quantitative estimate of drug-likeness (QED) is 0.934. The molecule has 20 heavy (non-hydrogen) atoms. The van der Waals surface area contributed by atoms with Crippen molar-refractivity contribution in [2.24, 2.45) is 0 Å². The minimum atomic E-state index is -2.50. The lowest BCUT2D eigenvalue weighted by molar-refractivity contribution is 0.151. The molecule has 0 unspecified atom stereocenters. The predicted octanol–water partition coefficient (Wildman–Crippen LogP) is 2.22. The SMILES string of the molecule is FC(F)c1ccc(N2CCNCC2)cc1-n1ccnc1. The minimum absolute atomic E-state index is 0.0295. The van der Waals surface area contributed by atoms with E-state index in [0.717, 1.165) is 31.9 Å². The standard InChI is InChI=1S/C14H16F2N4/c15-14(16)12-2-1-11(19-6-3-17-4-7-19)9-13(12)20-8-5-18-10-20/h1-2,5,8-10,14,17H,3-4,6-7H2. The van der Waals surface area contributed by atoms with Gasteiger partial charge >= 0.3 is 0 Å². The second kappa shape index (κ2) is 5.58. The zero-order valence-electron chi connectivity index (χ0n) is 11.0. The van der Waals surface area contributed by atoms with E-state index in [1.807, 2.05) is 6.07 Å². The third-order valence-electron chi connectivity index (χ3n) is 3.51. The summed E-state index contributed by atoms with van der Waals surface area (Å²) in [5.41, 5.74) is 1.50. The van der Waals surface area contributed by atoms with Crippen LogP contribution in [0, 0.1) is 0 Å². The van der Waals surface area contributed by atoms with E-state index in [-0.39, 0.29) is 5.56 Å². The van der Waals surface area contributed by atoms with Gasteiger partial charge in [-0.2, -0.15) is 0 Å². The molecule has 3 rings (SSSR count). The molecule has 1 fully saturated rings. The summed E-state index contributed by atoms with van der Waals surface area (Å²) in [7, 11) is 0. The highest BCUT2D eigenvalue weighted by Crippen LogP contribution is 2.29. The van der Waals surface area contributed by atoms with Crippen LogP contribution in [0.2, 0.25) is 0 Å². The number of piperazine rings is 1. The van der Waals surface area contributed by atoms with E-state index in [1.165, 1.54) is 6.07 Å². The van der Waals surface area contributed by atoms with Gasteiger partial charge in [0.05, 0.1) is 12.0 Å². The van der Waals surface area contributed by atoms with Gasteiger partial charge in [-0.15, -0.1) is 0 Å². The molecular formula is C14H16F2N4. The van der Waals surface area contributed by atoms with E-state index >= 15 is 0 Å². The zero-order valence-corrected chi connectivity index (χ0v) is 11.0. The second-order valence-electron chi connectivity index (χ2n) is 4.75. The van der Waals surface area contributed by atoms with Crippen LogP contribution in [0.1, 0.15) is 12.0 Å². The van der Waals surface area contributed by atoms with Crippen LogP contribution in [0.4, 0.5) is 14.5 Å². The molecule has 0 aliphatic carbocycles. The van der Waals surface area contributed by atoms with Gasteiger partial charge in [-0.1, -0.05) is 0 Å². The molecule has 1 aromatic heterocycles. The zero-order chi connectivity index (χ0) is 13.9. The van der Waals surface area contributed by atoms with Crippen molar-refractivity contribution in [1.29, 1.82) is 0 Å². The molecule has 0 spiro atoms. The summed E-state index contributed by atoms with van der Waals surface area (Å²) in [6.07, 6.45) is 2.32. The molecule has 106 valence electrons. The highest BCUT2D eigenvalue weighted by Gasteiger charge is 2.17. The molecule has 1 aliphatic rings. The lowest BCUT2D eigenvalue weighted by atomic mass is 10.1. The monoisotopic (exact) mass is 278 g/mol. The number of halogens is 2. The maximum absolute atomic E-state index is 13.1. The predicted molar refractivity (Wildman–Crippen MR) is 73.6 cm³/mol. The fourth-order valence-electron chi connectivity index (χ4n) is 2.46. The van der Waals surface area contributed by atoms with E-state index in [0.29, 0.717) is 5.69 Å². The number of hydrogen-bond donors (Lipinski definition) is 1. The fourth-order valence-corrected chi connectivity index (χ4v) is 2.46. The molecule has 0 bridgehead atoms. The van der Waals surface area contributed by atoms with Gasteiger partial charge in [0.15, 0.2) is 0 Å². The Balaban J connectivity index is 2.00. The molecule has 0 saturated carbocycles. The second-order valence-corrected chi connectivity index (χ2v) is 4.75. The number of imidazole rings is 1. The molecule has 2 aromatic rings. The van der Waals surface area contributed by atoms with Gasteiger partial charge in [-0.25, -0.2) is 13.8 Å². The highest BCUT2D eigenvalue weighted by molar-refractivity contribution is 5.57. The van der Waals surface area contributed by atoms with Crippen LogP contribution < -0.4 is 10.2 Å². The summed E-state index contributed by atoms with van der Waals surface area (Å²) < 4.78 is 27.9. The lowest BCUT2D eigenvalue weighted by Gasteiger charge is -2.30. The highest BCUT2D eigenvalue weighted by atomic mass is 19.3. The first-order valence-corrected chi connectivity index (χ1v) is 6.62. The first-order valence-electron chi connectivity index (χ1n) is 6.62. The van der Waals surface area contributed by atoms with Crippen molar-refractivity contribution in [3.05, 3.63) is 42.5 Å². The summed E-state index contributed by atoms with van der Waals surface area (Å²) in [6, 6.07) is 5.10. The molecule has 1 N–H and O–H groups in total. The molecule has 0 radical (unpaired) electrons. The molecule has 1 saturated heterocycles. The maximum atomic E-state index is 13.1. The van der Waals surface area contributed by atoms with Gasteiger partial charge in [-0.3, -0.25) is 0 Å². The fraction of sp³-hybridized carbons (Fsp3) is 0.357. The molecular weight excluding hydrogens is 262 g/mol. The Morgan fingerprint density at radius 2 is 2.00 bits per heavy atom. The van der Waals surface area contributed by atoms with Crippen LogP contribution in [-0.4, -0.2) is 35.7 Å². The molecule has 1 aromatic carbocycles. The van der Waals surface area contributed by atoms with E-state index in [9.17, 15) is 8.78 Å². The summed E-state index contributed by atoms with van der Waals surface area (Å²) in [5.74, 6) is 0. The Morgan fingerprint density at radius 3 is 2.65 bits per heavy atom. The molecule has 2 heterocycles. The average Bonchev–Trinajstić information content (AvgIpc) is 3.01. The number of nitrogens with one attached hydrogen (secondary N) is 1. The van der Waals surface area contributed by atoms with Crippen molar-refractivity contribution in [2.45, 2.75) is 6.43 Å². The van der Waals surface area contributed by atoms with Crippen LogP contribution >= 0.6 is 0 Å². The Kier molecular flexibility index (Phi) is 3.64. The Labute approximate surface area is 116 Å². The largest absolute Gasteiger partial charge is 0.369 e. The van der Waals surface area contributed by atoms with Gasteiger partial charge in [0.2, 0.25) is 0 Å². The smallest absolute Gasteiger partial charge is 0.265 e. The summed E-state index contributed by atoms with van der Waals surface area (Å²) in [4.78, 5) is 6.14. The van der Waals surface area contributed by atoms with Crippen molar-refractivity contribution in [1.82, 2.24) is 14.9 Å². The third-order valence-corrected chi connectivity index (χ3v) is 3.51. The van der Waals surface area contributed by atoms with E-state index < -0.39 is 6.43 Å². The topological polar surface area (TPSA) is 33.1 Å². The summed E-state index contributed by atoms with van der Waals surface area (Å²) in [6.45, 7) is 3.60. The van der Waals surface area contributed by atoms with Crippen LogP contribution in [0.15, 0.2) is 36.9 Å². The molecule has 6 heteroatoms. The number of hydrogen-bond acceptors (Lipinski definition) is 3. The van der Waals surface area contributed by atoms with E-state index in [2.05, 4.69) is 15.2 Å². The number of anilines is 1. The Morgan fingerprint density at radius 1 is 1.20 bits per heavy atom. The Bertz CT molecular complexity index is 563. The Hall–Kier alpha value is -1.95. The van der Waals surface area contributed by atoms with Gasteiger partial charge < -0.3 is 14.8 Å². The maximum Gasteiger partial charge on any atom is 0.265 e. The summed E-state index contributed by atoms with van der Waals surface area (Å²) in [5, 5.41) is 3.28.